The molecule has 2 amide bonds. The molecule has 8 nitrogen and oxygen atoms in total. The molecular formula is C17H22N2O6S. The molecule has 0 aromatic heterocycles. The minimum Gasteiger partial charge on any atom is -0.497 e. The van der Waals surface area contributed by atoms with Crippen LogP contribution in [0.25, 0.3) is 0 Å². The smallest absolute Gasteiger partial charge is 0.257 e. The van der Waals surface area contributed by atoms with Crippen molar-refractivity contribution >= 4 is 21.7 Å². The van der Waals surface area contributed by atoms with Crippen LogP contribution in [-0.4, -0.2) is 75.0 Å². The summed E-state index contributed by atoms with van der Waals surface area (Å²) in [7, 11) is 0.981. The number of likely N-dealkylation sites (tertiary alicyclic amines) is 1. The number of benzene rings is 1. The van der Waals surface area contributed by atoms with E-state index in [0.717, 1.165) is 0 Å². The van der Waals surface area contributed by atoms with Crippen molar-refractivity contribution in [1.29, 1.82) is 0 Å². The summed E-state index contributed by atoms with van der Waals surface area (Å²) in [5, 5.41) is 0. The van der Waals surface area contributed by atoms with Gasteiger partial charge in [0.05, 0.1) is 19.8 Å². The Morgan fingerprint density at radius 1 is 1.15 bits per heavy atom. The molecular weight excluding hydrogens is 360 g/mol. The minimum absolute atomic E-state index is 0.210. The van der Waals surface area contributed by atoms with Crippen molar-refractivity contribution in [2.45, 2.75) is 17.7 Å². The number of piperidine rings is 1. The third-order valence-electron chi connectivity index (χ3n) is 5.35. The van der Waals surface area contributed by atoms with E-state index < -0.39 is 20.5 Å². The zero-order valence-corrected chi connectivity index (χ0v) is 15.8. The van der Waals surface area contributed by atoms with Crippen molar-refractivity contribution < 1.29 is 27.5 Å². The molecule has 2 aliphatic heterocycles. The largest absolute Gasteiger partial charge is 0.497 e. The zero-order chi connectivity index (χ0) is 19.1. The number of carbonyl (C=O) groups is 2. The first kappa shape index (κ1) is 18.5. The number of amides is 2. The number of ether oxygens (including phenoxy) is 2. The van der Waals surface area contributed by atoms with Gasteiger partial charge in [-0.3, -0.25) is 9.59 Å². The fourth-order valence-electron chi connectivity index (χ4n) is 3.68. The quantitative estimate of drug-likeness (QED) is 0.757. The number of nitrogens with zero attached hydrogens (tertiary/aromatic N) is 2. The Morgan fingerprint density at radius 2 is 1.81 bits per heavy atom. The van der Waals surface area contributed by atoms with Gasteiger partial charge in [0.2, 0.25) is 5.91 Å². The Kier molecular flexibility index (Phi) is 4.60. The highest BCUT2D eigenvalue weighted by Gasteiger charge is 2.57. The van der Waals surface area contributed by atoms with E-state index in [2.05, 4.69) is 0 Å². The number of rotatable bonds is 3. The Labute approximate surface area is 152 Å². The topological polar surface area (TPSA) is 93.2 Å². The molecule has 1 spiro atoms. The molecule has 0 aliphatic carbocycles. The third-order valence-corrected chi connectivity index (χ3v) is 7.82. The van der Waals surface area contributed by atoms with Gasteiger partial charge in [0, 0.05) is 39.0 Å². The van der Waals surface area contributed by atoms with Crippen molar-refractivity contribution in [2.75, 3.05) is 40.1 Å². The Bertz CT molecular complexity index is 843. The fraction of sp³-hybridized carbons (Fsp3) is 0.529. The van der Waals surface area contributed by atoms with Gasteiger partial charge in [0.1, 0.15) is 22.1 Å². The normalized spacial score (nSPS) is 21.1. The van der Waals surface area contributed by atoms with Crippen molar-refractivity contribution in [3.63, 3.8) is 0 Å². The molecule has 0 unspecified atom stereocenters. The molecule has 1 aromatic carbocycles. The molecule has 1 aromatic rings. The summed E-state index contributed by atoms with van der Waals surface area (Å²) in [6.45, 7) is 0.510. The molecule has 9 heteroatoms. The van der Waals surface area contributed by atoms with E-state index in [0.29, 0.717) is 17.1 Å². The molecule has 0 bridgehead atoms. The summed E-state index contributed by atoms with van der Waals surface area (Å²) in [5.74, 6) is -0.0991. The van der Waals surface area contributed by atoms with Crippen LogP contribution in [0.3, 0.4) is 0 Å². The van der Waals surface area contributed by atoms with E-state index in [1.54, 1.807) is 23.1 Å². The summed E-state index contributed by atoms with van der Waals surface area (Å²) in [6, 6.07) is 4.94. The van der Waals surface area contributed by atoms with Gasteiger partial charge in [0.15, 0.2) is 9.84 Å². The van der Waals surface area contributed by atoms with Gasteiger partial charge in [-0.1, -0.05) is 0 Å². The van der Waals surface area contributed by atoms with Crippen molar-refractivity contribution in [3.05, 3.63) is 23.8 Å². The zero-order valence-electron chi connectivity index (χ0n) is 15.0. The fourth-order valence-corrected chi connectivity index (χ4v) is 5.79. The third kappa shape index (κ3) is 2.70. The Morgan fingerprint density at radius 3 is 2.31 bits per heavy atom. The van der Waals surface area contributed by atoms with Crippen molar-refractivity contribution in [1.82, 2.24) is 9.80 Å². The molecule has 2 heterocycles. The average Bonchev–Trinajstić information content (AvgIpc) is 2.80. The van der Waals surface area contributed by atoms with E-state index >= 15 is 0 Å². The maximum atomic E-state index is 12.9. The SMILES string of the molecule is COc1ccc(C(=O)N2CCC3(CC2)N(C)C(=O)CS3(=O)=O)c(OC)c1. The predicted octanol–water partition coefficient (Wildman–Crippen LogP) is 0.523. The van der Waals surface area contributed by atoms with Crippen LogP contribution in [0.2, 0.25) is 0 Å². The van der Waals surface area contributed by atoms with Gasteiger partial charge in [-0.15, -0.1) is 0 Å². The van der Waals surface area contributed by atoms with E-state index in [1.807, 2.05) is 0 Å². The summed E-state index contributed by atoms with van der Waals surface area (Å²) in [5.41, 5.74) is 0.392. The molecule has 142 valence electrons. The van der Waals surface area contributed by atoms with Crippen LogP contribution in [0, 0.1) is 0 Å². The number of methoxy groups -OCH3 is 2. The van der Waals surface area contributed by atoms with Gasteiger partial charge in [0.25, 0.3) is 5.91 Å². The van der Waals surface area contributed by atoms with Crippen LogP contribution in [0.5, 0.6) is 11.5 Å². The highest BCUT2D eigenvalue weighted by Crippen LogP contribution is 2.39. The second kappa shape index (κ2) is 6.46. The highest BCUT2D eigenvalue weighted by atomic mass is 32.2. The van der Waals surface area contributed by atoms with Gasteiger partial charge in [-0.25, -0.2) is 8.42 Å². The van der Waals surface area contributed by atoms with Crippen LogP contribution in [0.1, 0.15) is 23.2 Å². The lowest BCUT2D eigenvalue weighted by Gasteiger charge is -2.42. The monoisotopic (exact) mass is 382 g/mol. The number of hydrogen-bond donors (Lipinski definition) is 0. The maximum Gasteiger partial charge on any atom is 0.257 e. The summed E-state index contributed by atoms with van der Waals surface area (Å²) in [6.07, 6.45) is 0.420. The first-order valence-corrected chi connectivity index (χ1v) is 9.91. The Balaban J connectivity index is 1.81. The molecule has 0 radical (unpaired) electrons. The van der Waals surface area contributed by atoms with Gasteiger partial charge < -0.3 is 19.3 Å². The summed E-state index contributed by atoms with van der Waals surface area (Å²) in [4.78, 5) is 26.5. The molecule has 0 N–H and O–H groups in total. The van der Waals surface area contributed by atoms with Gasteiger partial charge >= 0.3 is 0 Å². The number of hydrogen-bond acceptors (Lipinski definition) is 6. The highest BCUT2D eigenvalue weighted by molar-refractivity contribution is 7.93. The predicted molar refractivity (Wildman–Crippen MR) is 94.0 cm³/mol. The molecule has 3 rings (SSSR count). The van der Waals surface area contributed by atoms with Gasteiger partial charge in [-0.2, -0.15) is 0 Å². The molecule has 0 atom stereocenters. The summed E-state index contributed by atoms with van der Waals surface area (Å²) < 4.78 is 35.4. The first-order valence-electron chi connectivity index (χ1n) is 8.26. The van der Waals surface area contributed by atoms with Gasteiger partial charge in [-0.05, 0) is 12.1 Å². The molecule has 0 saturated carbocycles. The summed E-state index contributed by atoms with van der Waals surface area (Å²) >= 11 is 0. The van der Waals surface area contributed by atoms with Crippen LogP contribution in [-0.2, 0) is 14.6 Å². The lowest BCUT2D eigenvalue weighted by molar-refractivity contribution is -0.129. The van der Waals surface area contributed by atoms with E-state index in [1.165, 1.54) is 26.2 Å². The average molecular weight is 382 g/mol. The second-order valence-electron chi connectivity index (χ2n) is 6.52. The van der Waals surface area contributed by atoms with E-state index in [-0.39, 0.29) is 37.7 Å². The van der Waals surface area contributed by atoms with E-state index in [9.17, 15) is 18.0 Å². The maximum absolute atomic E-state index is 12.9. The van der Waals surface area contributed by atoms with Crippen LogP contribution < -0.4 is 9.47 Å². The Hall–Kier alpha value is -2.29. The van der Waals surface area contributed by atoms with Crippen molar-refractivity contribution in [3.8, 4) is 11.5 Å². The number of sulfone groups is 1. The van der Waals surface area contributed by atoms with Crippen molar-refractivity contribution in [2.24, 2.45) is 0 Å². The minimum atomic E-state index is -3.55. The van der Waals surface area contributed by atoms with Crippen LogP contribution in [0.4, 0.5) is 0 Å². The molecule has 2 saturated heterocycles. The lowest BCUT2D eigenvalue weighted by atomic mass is 10.0. The van der Waals surface area contributed by atoms with Crippen LogP contribution >= 0.6 is 0 Å². The molecule has 26 heavy (non-hydrogen) atoms. The molecule has 2 fully saturated rings. The van der Waals surface area contributed by atoms with E-state index in [4.69, 9.17) is 9.47 Å². The lowest BCUT2D eigenvalue weighted by Crippen LogP contribution is -2.55. The standard InChI is InChI=1S/C17H22N2O6S/c1-18-15(20)11-26(22,23)17(18)6-8-19(9-7-17)16(21)13-5-4-12(24-2)10-14(13)25-3/h4-5,10H,6-9,11H2,1-3H3. The second-order valence-corrected chi connectivity index (χ2v) is 8.79. The molecule has 2 aliphatic rings. The number of carbonyl (C=O) groups excluding carboxylic acids is 2. The first-order chi connectivity index (χ1) is 12.3. The van der Waals surface area contributed by atoms with Crippen LogP contribution in [0.15, 0.2) is 18.2 Å².